The van der Waals surface area contributed by atoms with E-state index in [0.717, 1.165) is 55.1 Å². The summed E-state index contributed by atoms with van der Waals surface area (Å²) in [7, 11) is 0. The number of nitrogens with zero attached hydrogens (tertiary/aromatic N) is 4. The van der Waals surface area contributed by atoms with E-state index in [1.165, 1.54) is 30.2 Å². The molecule has 2 aliphatic carbocycles. The van der Waals surface area contributed by atoms with Crippen LogP contribution in [-0.4, -0.2) is 32.0 Å². The maximum Gasteiger partial charge on any atom is 0.231 e. The molecule has 2 saturated carbocycles. The number of nitriles is 1. The topological polar surface area (TPSA) is 83.6 Å². The summed E-state index contributed by atoms with van der Waals surface area (Å²) >= 11 is 1.43. The average Bonchev–Trinajstić information content (AvgIpc) is 3.52. The molecule has 1 N–H and O–H groups in total. The number of nitrogens with one attached hydrogen (secondary N) is 1. The zero-order valence-corrected chi connectivity index (χ0v) is 20.2. The Bertz CT molecular complexity index is 987. The summed E-state index contributed by atoms with van der Waals surface area (Å²) in [4.78, 5) is 12.6. The molecule has 6 nitrogen and oxygen atoms in total. The van der Waals surface area contributed by atoms with Crippen LogP contribution in [0.2, 0.25) is 0 Å². The molecule has 0 spiro atoms. The number of hydrogen-bond acceptors (Lipinski definition) is 5. The second kappa shape index (κ2) is 9.27. The fourth-order valence-corrected chi connectivity index (χ4v) is 5.67. The molecule has 0 atom stereocenters. The highest BCUT2D eigenvalue weighted by molar-refractivity contribution is 7.99. The molecule has 1 amide bonds. The van der Waals surface area contributed by atoms with E-state index in [0.29, 0.717) is 6.04 Å². The minimum Gasteiger partial charge on any atom is -0.337 e. The van der Waals surface area contributed by atoms with Crippen molar-refractivity contribution in [3.63, 3.8) is 0 Å². The minimum absolute atomic E-state index is 0.101. The van der Waals surface area contributed by atoms with Gasteiger partial charge in [-0.25, -0.2) is 0 Å². The maximum atomic E-state index is 12.6. The van der Waals surface area contributed by atoms with E-state index in [1.54, 1.807) is 0 Å². The Kier molecular flexibility index (Phi) is 6.62. The molecular weight excluding hydrogens is 418 g/mol. The fraction of sp³-hybridized carbons (Fsp3) is 0.600. The second-order valence-corrected chi connectivity index (χ2v) is 11.1. The van der Waals surface area contributed by atoms with Gasteiger partial charge in [-0.2, -0.15) is 5.26 Å². The maximum absolute atomic E-state index is 12.6. The molecule has 32 heavy (non-hydrogen) atoms. The van der Waals surface area contributed by atoms with E-state index < -0.39 is 5.54 Å². The lowest BCUT2D eigenvalue weighted by molar-refractivity contribution is -0.119. The Morgan fingerprint density at radius 2 is 1.81 bits per heavy atom. The van der Waals surface area contributed by atoms with Crippen molar-refractivity contribution in [3.8, 4) is 17.5 Å². The Balaban J connectivity index is 1.53. The molecule has 0 bridgehead atoms. The largest absolute Gasteiger partial charge is 0.337 e. The lowest BCUT2D eigenvalue weighted by Crippen LogP contribution is -2.45. The number of rotatable bonds is 6. The standard InChI is InChI=1S/C25H33N5OS/c1-24(2,3)19-12-10-18(11-13-19)22-28-29-23(30(22)20-8-4-5-9-20)32-16-21(31)27-25(17-26)14-6-7-15-25/h10-13,20H,4-9,14-16H2,1-3H3,(H,27,31). The second-order valence-electron chi connectivity index (χ2n) is 10.2. The number of carbonyl (C=O) groups excluding carboxylic acids is 1. The van der Waals surface area contributed by atoms with Gasteiger partial charge in [-0.3, -0.25) is 9.36 Å². The Labute approximate surface area is 195 Å². The van der Waals surface area contributed by atoms with Crippen LogP contribution in [0, 0.1) is 11.3 Å². The smallest absolute Gasteiger partial charge is 0.231 e. The summed E-state index contributed by atoms with van der Waals surface area (Å²) in [6.45, 7) is 6.64. The molecule has 0 unspecified atom stereocenters. The van der Waals surface area contributed by atoms with E-state index in [2.05, 4.69) is 71.2 Å². The molecule has 2 fully saturated rings. The Hall–Kier alpha value is -2.33. The van der Waals surface area contributed by atoms with Crippen LogP contribution in [0.4, 0.5) is 0 Å². The van der Waals surface area contributed by atoms with Crippen LogP contribution in [-0.2, 0) is 10.2 Å². The molecule has 0 aliphatic heterocycles. The van der Waals surface area contributed by atoms with Crippen molar-refractivity contribution in [1.82, 2.24) is 20.1 Å². The first-order valence-corrected chi connectivity index (χ1v) is 12.7. The van der Waals surface area contributed by atoms with Crippen LogP contribution in [0.1, 0.15) is 83.7 Å². The Morgan fingerprint density at radius 3 is 2.41 bits per heavy atom. The van der Waals surface area contributed by atoms with Gasteiger partial charge in [0.05, 0.1) is 11.8 Å². The van der Waals surface area contributed by atoms with Gasteiger partial charge in [-0.1, -0.05) is 69.6 Å². The van der Waals surface area contributed by atoms with Crippen molar-refractivity contribution < 1.29 is 4.79 Å². The van der Waals surface area contributed by atoms with E-state index in [9.17, 15) is 10.1 Å². The third kappa shape index (κ3) is 4.85. The van der Waals surface area contributed by atoms with Crippen molar-refractivity contribution in [3.05, 3.63) is 29.8 Å². The summed E-state index contributed by atoms with van der Waals surface area (Å²) in [5, 5.41) is 22.3. The molecule has 170 valence electrons. The number of benzene rings is 1. The van der Waals surface area contributed by atoms with Crippen molar-refractivity contribution in [2.45, 2.75) is 94.3 Å². The highest BCUT2D eigenvalue weighted by Gasteiger charge is 2.35. The van der Waals surface area contributed by atoms with Crippen molar-refractivity contribution in [1.29, 1.82) is 5.26 Å². The molecule has 1 aromatic carbocycles. The van der Waals surface area contributed by atoms with Gasteiger partial charge in [0.15, 0.2) is 11.0 Å². The van der Waals surface area contributed by atoms with Crippen LogP contribution in [0.25, 0.3) is 11.4 Å². The van der Waals surface area contributed by atoms with Crippen LogP contribution in [0.5, 0.6) is 0 Å². The zero-order valence-electron chi connectivity index (χ0n) is 19.4. The first kappa shape index (κ1) is 22.8. The van der Waals surface area contributed by atoms with Gasteiger partial charge >= 0.3 is 0 Å². The van der Waals surface area contributed by atoms with Gasteiger partial charge in [0.1, 0.15) is 5.54 Å². The van der Waals surface area contributed by atoms with Gasteiger partial charge < -0.3 is 5.32 Å². The highest BCUT2D eigenvalue weighted by Crippen LogP contribution is 2.37. The SMILES string of the molecule is CC(C)(C)c1ccc(-c2nnc(SCC(=O)NC3(C#N)CCCC3)n2C2CCCC2)cc1. The van der Waals surface area contributed by atoms with Crippen molar-refractivity contribution >= 4 is 17.7 Å². The summed E-state index contributed by atoms with van der Waals surface area (Å²) in [6, 6.07) is 11.3. The molecule has 1 heterocycles. The van der Waals surface area contributed by atoms with Gasteiger partial charge in [0, 0.05) is 11.6 Å². The third-order valence-corrected chi connectivity index (χ3v) is 7.69. The molecule has 4 rings (SSSR count). The van der Waals surface area contributed by atoms with Crippen LogP contribution in [0.3, 0.4) is 0 Å². The lowest BCUT2D eigenvalue weighted by atomic mass is 9.86. The number of aromatic nitrogens is 3. The van der Waals surface area contributed by atoms with E-state index in [4.69, 9.17) is 0 Å². The van der Waals surface area contributed by atoms with Gasteiger partial charge in [0.25, 0.3) is 0 Å². The molecule has 0 radical (unpaired) electrons. The molecule has 2 aromatic rings. The zero-order chi connectivity index (χ0) is 22.8. The fourth-order valence-electron chi connectivity index (χ4n) is 4.86. The molecule has 1 aromatic heterocycles. The van der Waals surface area contributed by atoms with Crippen LogP contribution in [0.15, 0.2) is 29.4 Å². The quantitative estimate of drug-likeness (QED) is 0.594. The van der Waals surface area contributed by atoms with E-state index in [-0.39, 0.29) is 17.1 Å². The first-order chi connectivity index (χ1) is 15.3. The normalized spacial score (nSPS) is 18.6. The van der Waals surface area contributed by atoms with Gasteiger partial charge in [-0.15, -0.1) is 10.2 Å². The van der Waals surface area contributed by atoms with E-state index >= 15 is 0 Å². The van der Waals surface area contributed by atoms with Crippen LogP contribution >= 0.6 is 11.8 Å². The van der Waals surface area contributed by atoms with Gasteiger partial charge in [0.2, 0.25) is 5.91 Å². The highest BCUT2D eigenvalue weighted by atomic mass is 32.2. The molecule has 0 saturated heterocycles. The average molecular weight is 452 g/mol. The Morgan fingerprint density at radius 1 is 1.16 bits per heavy atom. The van der Waals surface area contributed by atoms with Crippen LogP contribution < -0.4 is 5.32 Å². The number of amides is 1. The third-order valence-electron chi connectivity index (χ3n) is 6.75. The predicted octanol–water partition coefficient (Wildman–Crippen LogP) is 5.40. The van der Waals surface area contributed by atoms with Crippen molar-refractivity contribution in [2.75, 3.05) is 5.75 Å². The number of carbonyl (C=O) groups is 1. The summed E-state index contributed by atoms with van der Waals surface area (Å²) in [6.07, 6.45) is 8.12. The molecule has 2 aliphatic rings. The van der Waals surface area contributed by atoms with E-state index in [1.807, 2.05) is 0 Å². The minimum atomic E-state index is -0.684. The number of hydrogen-bond donors (Lipinski definition) is 1. The van der Waals surface area contributed by atoms with Gasteiger partial charge in [-0.05, 0) is 49.5 Å². The monoisotopic (exact) mass is 451 g/mol. The predicted molar refractivity (Wildman–Crippen MR) is 127 cm³/mol. The summed E-state index contributed by atoms with van der Waals surface area (Å²) in [5.41, 5.74) is 1.77. The molecule has 7 heteroatoms. The van der Waals surface area contributed by atoms with Crippen molar-refractivity contribution in [2.24, 2.45) is 0 Å². The summed E-state index contributed by atoms with van der Waals surface area (Å²) < 4.78 is 2.24. The lowest BCUT2D eigenvalue weighted by Gasteiger charge is -2.22. The summed E-state index contributed by atoms with van der Waals surface area (Å²) in [5.74, 6) is 1.03. The molecular formula is C25H33N5OS. The first-order valence-electron chi connectivity index (χ1n) is 11.7. The number of thioether (sulfide) groups is 1.